The van der Waals surface area contributed by atoms with E-state index in [9.17, 15) is 0 Å². The molecule has 0 aliphatic carbocycles. The third-order valence-corrected chi connectivity index (χ3v) is 5.64. The van der Waals surface area contributed by atoms with Gasteiger partial charge in [0.15, 0.2) is 0 Å². The topological polar surface area (TPSA) is 15.6 Å². The third-order valence-electron chi connectivity index (χ3n) is 5.64. The Morgan fingerprint density at radius 1 is 1.04 bits per heavy atom. The van der Waals surface area contributed by atoms with Crippen LogP contribution in [0.15, 0.2) is 35.3 Å². The molecule has 0 saturated carbocycles. The van der Waals surface area contributed by atoms with Gasteiger partial charge in [-0.2, -0.15) is 0 Å². The monoisotopic (exact) mass is 334 g/mol. The summed E-state index contributed by atoms with van der Waals surface area (Å²) in [7, 11) is 2.14. The SMILES string of the molecule is Cc1cc(C)c(C)c(C2(C)c3cc(CC(C)C)ccc3N=CN2C)c1. The van der Waals surface area contributed by atoms with Gasteiger partial charge in [0.1, 0.15) is 0 Å². The van der Waals surface area contributed by atoms with E-state index >= 15 is 0 Å². The molecule has 1 heterocycles. The molecular formula is C23H30N2. The summed E-state index contributed by atoms with van der Waals surface area (Å²) >= 11 is 0. The minimum atomic E-state index is -0.203. The average Bonchev–Trinajstić information content (AvgIpc) is 2.54. The molecule has 2 nitrogen and oxygen atoms in total. The first-order valence-electron chi connectivity index (χ1n) is 9.22. The fourth-order valence-corrected chi connectivity index (χ4v) is 4.02. The van der Waals surface area contributed by atoms with E-state index in [1.165, 1.54) is 33.4 Å². The fourth-order valence-electron chi connectivity index (χ4n) is 4.02. The molecule has 0 spiro atoms. The van der Waals surface area contributed by atoms with Gasteiger partial charge in [-0.3, -0.25) is 0 Å². The van der Waals surface area contributed by atoms with Crippen molar-refractivity contribution in [1.29, 1.82) is 0 Å². The summed E-state index contributed by atoms with van der Waals surface area (Å²) < 4.78 is 0. The summed E-state index contributed by atoms with van der Waals surface area (Å²) in [4.78, 5) is 6.95. The lowest BCUT2D eigenvalue weighted by molar-refractivity contribution is 0.290. The number of nitrogens with zero attached hydrogens (tertiary/aromatic N) is 2. The molecule has 0 bridgehead atoms. The summed E-state index contributed by atoms with van der Waals surface area (Å²) in [5.41, 5.74) is 9.01. The van der Waals surface area contributed by atoms with Gasteiger partial charge in [0.05, 0.1) is 17.6 Å². The molecule has 0 N–H and O–H groups in total. The van der Waals surface area contributed by atoms with Crippen LogP contribution in [-0.2, 0) is 12.0 Å². The second-order valence-corrected chi connectivity index (χ2v) is 8.13. The van der Waals surface area contributed by atoms with Gasteiger partial charge in [-0.15, -0.1) is 0 Å². The first-order valence-corrected chi connectivity index (χ1v) is 9.22. The zero-order chi connectivity index (χ0) is 18.4. The molecule has 25 heavy (non-hydrogen) atoms. The Balaban J connectivity index is 2.24. The summed E-state index contributed by atoms with van der Waals surface area (Å²) in [5.74, 6) is 0.650. The predicted molar refractivity (Wildman–Crippen MR) is 108 cm³/mol. The molecule has 0 amide bonds. The smallest absolute Gasteiger partial charge is 0.0919 e. The van der Waals surface area contributed by atoms with E-state index in [1.54, 1.807) is 0 Å². The Hall–Kier alpha value is -2.09. The summed E-state index contributed by atoms with van der Waals surface area (Å²) in [6.07, 6.45) is 3.07. The minimum Gasteiger partial charge on any atom is -0.352 e. The molecule has 2 aromatic rings. The van der Waals surface area contributed by atoms with Crippen LogP contribution in [0.25, 0.3) is 0 Å². The molecule has 132 valence electrons. The lowest BCUT2D eigenvalue weighted by atomic mass is 9.77. The van der Waals surface area contributed by atoms with Gasteiger partial charge in [0.2, 0.25) is 0 Å². The Labute approximate surface area is 152 Å². The number of hydrogen-bond donors (Lipinski definition) is 0. The quantitative estimate of drug-likeness (QED) is 0.705. The highest BCUT2D eigenvalue weighted by Crippen LogP contribution is 2.44. The number of aliphatic imine (C=N–C) groups is 1. The van der Waals surface area contributed by atoms with E-state index in [0.29, 0.717) is 5.92 Å². The second kappa shape index (κ2) is 6.33. The summed E-state index contributed by atoms with van der Waals surface area (Å²) in [5, 5.41) is 0. The molecule has 2 heteroatoms. The summed E-state index contributed by atoms with van der Waals surface area (Å²) in [6.45, 7) is 13.5. The molecule has 3 rings (SSSR count). The molecule has 1 aliphatic heterocycles. The highest BCUT2D eigenvalue weighted by molar-refractivity contribution is 5.72. The molecule has 1 unspecified atom stereocenters. The van der Waals surface area contributed by atoms with E-state index < -0.39 is 0 Å². The van der Waals surface area contributed by atoms with Crippen molar-refractivity contribution >= 4 is 12.0 Å². The van der Waals surface area contributed by atoms with Gasteiger partial charge in [-0.25, -0.2) is 4.99 Å². The van der Waals surface area contributed by atoms with Crippen LogP contribution >= 0.6 is 0 Å². The van der Waals surface area contributed by atoms with Crippen LogP contribution in [0.3, 0.4) is 0 Å². The highest BCUT2D eigenvalue weighted by Gasteiger charge is 2.38. The lowest BCUT2D eigenvalue weighted by Crippen LogP contribution is -2.44. The molecule has 1 aliphatic rings. The zero-order valence-electron chi connectivity index (χ0n) is 16.6. The lowest BCUT2D eigenvalue weighted by Gasteiger charge is -2.43. The van der Waals surface area contributed by atoms with Crippen LogP contribution in [0.4, 0.5) is 5.69 Å². The van der Waals surface area contributed by atoms with Crippen molar-refractivity contribution in [2.24, 2.45) is 10.9 Å². The number of fused-ring (bicyclic) bond motifs is 1. The molecular weight excluding hydrogens is 304 g/mol. The van der Waals surface area contributed by atoms with Crippen LogP contribution in [0, 0.1) is 26.7 Å². The van der Waals surface area contributed by atoms with Gasteiger partial charge in [0.25, 0.3) is 0 Å². The number of rotatable bonds is 3. The zero-order valence-corrected chi connectivity index (χ0v) is 16.6. The van der Waals surface area contributed by atoms with Crippen LogP contribution < -0.4 is 0 Å². The second-order valence-electron chi connectivity index (χ2n) is 8.13. The van der Waals surface area contributed by atoms with Crippen LogP contribution in [-0.4, -0.2) is 18.3 Å². The van der Waals surface area contributed by atoms with Gasteiger partial charge in [-0.1, -0.05) is 43.7 Å². The maximum absolute atomic E-state index is 4.69. The third kappa shape index (κ3) is 2.99. The molecule has 1 atom stereocenters. The maximum Gasteiger partial charge on any atom is 0.0919 e. The van der Waals surface area contributed by atoms with Crippen molar-refractivity contribution in [1.82, 2.24) is 4.90 Å². The fraction of sp³-hybridized carbons (Fsp3) is 0.435. The van der Waals surface area contributed by atoms with Crippen molar-refractivity contribution in [3.05, 3.63) is 63.7 Å². The predicted octanol–water partition coefficient (Wildman–Crippen LogP) is 5.68. The van der Waals surface area contributed by atoms with Crippen molar-refractivity contribution in [3.8, 4) is 0 Å². The molecule has 0 radical (unpaired) electrons. The molecule has 2 aromatic carbocycles. The average molecular weight is 335 g/mol. The van der Waals surface area contributed by atoms with E-state index in [4.69, 9.17) is 4.99 Å². The van der Waals surface area contributed by atoms with Crippen LogP contribution in [0.1, 0.15) is 54.2 Å². The van der Waals surface area contributed by atoms with Gasteiger partial charge in [0, 0.05) is 12.6 Å². The van der Waals surface area contributed by atoms with E-state index in [1.807, 2.05) is 6.34 Å². The summed E-state index contributed by atoms with van der Waals surface area (Å²) in [6, 6.07) is 11.4. The molecule has 0 fully saturated rings. The van der Waals surface area contributed by atoms with Crippen molar-refractivity contribution < 1.29 is 0 Å². The first kappa shape index (κ1) is 17.7. The first-order chi connectivity index (χ1) is 11.7. The Bertz CT molecular complexity index is 832. The Kier molecular flexibility index (Phi) is 4.49. The molecule has 0 saturated heterocycles. The van der Waals surface area contributed by atoms with Crippen LogP contribution in [0.5, 0.6) is 0 Å². The largest absolute Gasteiger partial charge is 0.352 e. The van der Waals surface area contributed by atoms with Gasteiger partial charge >= 0.3 is 0 Å². The number of hydrogen-bond acceptors (Lipinski definition) is 2. The minimum absolute atomic E-state index is 0.203. The normalized spacial score (nSPS) is 19.4. The van der Waals surface area contributed by atoms with Gasteiger partial charge in [-0.05, 0) is 68.4 Å². The van der Waals surface area contributed by atoms with Gasteiger partial charge < -0.3 is 4.90 Å². The van der Waals surface area contributed by atoms with Crippen molar-refractivity contribution in [2.45, 2.75) is 53.5 Å². The standard InChI is InChI=1S/C23H30N2/c1-15(2)10-19-8-9-22-21(13-19)23(6,25(7)14-24-22)20-12-16(3)11-17(4)18(20)5/h8-9,11-15H,10H2,1-7H3. The van der Waals surface area contributed by atoms with Crippen LogP contribution in [0.2, 0.25) is 0 Å². The Morgan fingerprint density at radius 2 is 1.76 bits per heavy atom. The van der Waals surface area contributed by atoms with E-state index in [2.05, 4.69) is 83.8 Å². The van der Waals surface area contributed by atoms with Crippen molar-refractivity contribution in [2.75, 3.05) is 7.05 Å². The van der Waals surface area contributed by atoms with Crippen molar-refractivity contribution in [3.63, 3.8) is 0 Å². The van der Waals surface area contributed by atoms with E-state index in [-0.39, 0.29) is 5.54 Å². The number of aryl methyl sites for hydroxylation is 2. The highest BCUT2D eigenvalue weighted by atomic mass is 15.2. The Morgan fingerprint density at radius 3 is 2.44 bits per heavy atom. The molecule has 0 aromatic heterocycles. The van der Waals surface area contributed by atoms with E-state index in [0.717, 1.165) is 12.1 Å². The number of benzene rings is 2. The maximum atomic E-state index is 4.69.